The van der Waals surface area contributed by atoms with Crippen molar-refractivity contribution in [3.63, 3.8) is 0 Å². The van der Waals surface area contributed by atoms with Crippen molar-refractivity contribution < 1.29 is 9.47 Å². The average Bonchev–Trinajstić information content (AvgIpc) is 2.71. The molecule has 4 unspecified atom stereocenters. The van der Waals surface area contributed by atoms with Crippen molar-refractivity contribution in [2.24, 2.45) is 5.73 Å². The lowest BCUT2D eigenvalue weighted by atomic mass is 10.1. The molecule has 17 heavy (non-hydrogen) atoms. The molecule has 1 aliphatic rings. The molecule has 3 N–H and O–H groups in total. The molecular formula is C13H20N2O2. The molecule has 1 aromatic carbocycles. The zero-order chi connectivity index (χ0) is 12.4. The number of methoxy groups -OCH3 is 1. The summed E-state index contributed by atoms with van der Waals surface area (Å²) >= 11 is 0. The topological polar surface area (TPSA) is 56.5 Å². The molecule has 0 amide bonds. The number of nitrogens with two attached hydrogens (primary N) is 1. The second-order valence-corrected chi connectivity index (χ2v) is 4.55. The van der Waals surface area contributed by atoms with Gasteiger partial charge in [0.05, 0.1) is 19.3 Å². The van der Waals surface area contributed by atoms with Gasteiger partial charge in [0.25, 0.3) is 0 Å². The first kappa shape index (κ1) is 12.4. The van der Waals surface area contributed by atoms with Crippen molar-refractivity contribution in [1.82, 2.24) is 5.32 Å². The molecule has 4 heteroatoms. The van der Waals surface area contributed by atoms with E-state index < -0.39 is 0 Å². The third-order valence-electron chi connectivity index (χ3n) is 3.19. The van der Waals surface area contributed by atoms with Gasteiger partial charge in [-0.25, -0.2) is 0 Å². The number of benzene rings is 1. The van der Waals surface area contributed by atoms with E-state index in [0.29, 0.717) is 0 Å². The molecule has 0 aromatic heterocycles. The van der Waals surface area contributed by atoms with Gasteiger partial charge in [-0.2, -0.15) is 0 Å². The SMILES string of the molecule is COc1ccc(C2NC(C(C)N)C(C)O2)cc1. The number of nitrogens with one attached hydrogen (secondary N) is 1. The van der Waals surface area contributed by atoms with Gasteiger partial charge >= 0.3 is 0 Å². The summed E-state index contributed by atoms with van der Waals surface area (Å²) in [5.41, 5.74) is 7.01. The first-order valence-electron chi connectivity index (χ1n) is 5.93. The van der Waals surface area contributed by atoms with Crippen LogP contribution in [-0.2, 0) is 4.74 Å². The summed E-state index contributed by atoms with van der Waals surface area (Å²) in [6, 6.07) is 8.16. The molecule has 4 nitrogen and oxygen atoms in total. The number of hydrogen-bond donors (Lipinski definition) is 2. The summed E-state index contributed by atoms with van der Waals surface area (Å²) in [6.07, 6.45) is 0.0500. The Labute approximate surface area is 102 Å². The molecule has 4 atom stereocenters. The second kappa shape index (κ2) is 5.04. The third-order valence-corrected chi connectivity index (χ3v) is 3.19. The van der Waals surface area contributed by atoms with Crippen LogP contribution in [0.25, 0.3) is 0 Å². The largest absolute Gasteiger partial charge is 0.497 e. The molecule has 0 aliphatic carbocycles. The van der Waals surface area contributed by atoms with Gasteiger partial charge in [-0.05, 0) is 31.5 Å². The third kappa shape index (κ3) is 2.60. The summed E-state index contributed by atoms with van der Waals surface area (Å²) < 4.78 is 11.0. The van der Waals surface area contributed by atoms with Crippen molar-refractivity contribution in [2.75, 3.05) is 7.11 Å². The molecule has 1 saturated heterocycles. The van der Waals surface area contributed by atoms with E-state index in [9.17, 15) is 0 Å². The molecule has 94 valence electrons. The number of ether oxygens (including phenoxy) is 2. The maximum Gasteiger partial charge on any atom is 0.135 e. The lowest BCUT2D eigenvalue weighted by molar-refractivity contribution is 0.0458. The van der Waals surface area contributed by atoms with Gasteiger partial charge in [0.1, 0.15) is 12.0 Å². The van der Waals surface area contributed by atoms with Gasteiger partial charge in [-0.15, -0.1) is 0 Å². The molecule has 0 saturated carbocycles. The standard InChI is InChI=1S/C13H20N2O2/c1-8(14)12-9(2)17-13(15-12)10-4-6-11(16-3)7-5-10/h4-9,12-13,15H,14H2,1-3H3. The minimum Gasteiger partial charge on any atom is -0.497 e. The van der Waals surface area contributed by atoms with Crippen LogP contribution in [0.15, 0.2) is 24.3 Å². The van der Waals surface area contributed by atoms with Gasteiger partial charge in [0, 0.05) is 6.04 Å². The Morgan fingerprint density at radius 1 is 1.35 bits per heavy atom. The van der Waals surface area contributed by atoms with Crippen LogP contribution in [0.2, 0.25) is 0 Å². The highest BCUT2D eigenvalue weighted by Gasteiger charge is 2.34. The predicted molar refractivity (Wildman–Crippen MR) is 66.9 cm³/mol. The van der Waals surface area contributed by atoms with E-state index in [-0.39, 0.29) is 24.4 Å². The maximum absolute atomic E-state index is 5.91. The summed E-state index contributed by atoms with van der Waals surface area (Å²) in [4.78, 5) is 0. The van der Waals surface area contributed by atoms with Crippen LogP contribution >= 0.6 is 0 Å². The lowest BCUT2D eigenvalue weighted by Crippen LogP contribution is -2.44. The summed E-state index contributed by atoms with van der Waals surface area (Å²) in [6.45, 7) is 4.04. The number of hydrogen-bond acceptors (Lipinski definition) is 4. The second-order valence-electron chi connectivity index (χ2n) is 4.55. The fraction of sp³-hybridized carbons (Fsp3) is 0.538. The highest BCUT2D eigenvalue weighted by molar-refractivity contribution is 5.28. The summed E-state index contributed by atoms with van der Waals surface area (Å²) in [5.74, 6) is 0.850. The molecule has 1 aromatic rings. The van der Waals surface area contributed by atoms with Crippen LogP contribution in [-0.4, -0.2) is 25.3 Å². The Bertz CT molecular complexity index is 364. The first-order valence-corrected chi connectivity index (χ1v) is 5.93. The zero-order valence-corrected chi connectivity index (χ0v) is 10.5. The van der Waals surface area contributed by atoms with Gasteiger partial charge in [-0.1, -0.05) is 12.1 Å². The minimum atomic E-state index is -0.0769. The van der Waals surface area contributed by atoms with E-state index in [1.165, 1.54) is 0 Å². The lowest BCUT2D eigenvalue weighted by Gasteiger charge is -2.17. The van der Waals surface area contributed by atoms with E-state index in [0.717, 1.165) is 11.3 Å². The van der Waals surface area contributed by atoms with Gasteiger partial charge < -0.3 is 15.2 Å². The molecule has 1 heterocycles. The molecular weight excluding hydrogens is 216 g/mol. The maximum atomic E-state index is 5.91. The molecule has 0 spiro atoms. The van der Waals surface area contributed by atoms with Crippen LogP contribution in [0.3, 0.4) is 0 Å². The average molecular weight is 236 g/mol. The monoisotopic (exact) mass is 236 g/mol. The predicted octanol–water partition coefficient (Wildman–Crippen LogP) is 1.42. The van der Waals surface area contributed by atoms with Crippen LogP contribution < -0.4 is 15.8 Å². The Hall–Kier alpha value is -1.10. The van der Waals surface area contributed by atoms with E-state index in [2.05, 4.69) is 5.32 Å². The normalized spacial score (nSPS) is 30.2. The van der Waals surface area contributed by atoms with Crippen molar-refractivity contribution in [3.8, 4) is 5.75 Å². The molecule has 2 rings (SSSR count). The Morgan fingerprint density at radius 3 is 2.47 bits per heavy atom. The highest BCUT2D eigenvalue weighted by atomic mass is 16.5. The van der Waals surface area contributed by atoms with E-state index >= 15 is 0 Å². The zero-order valence-electron chi connectivity index (χ0n) is 10.5. The van der Waals surface area contributed by atoms with Crippen molar-refractivity contribution in [3.05, 3.63) is 29.8 Å². The molecule has 0 radical (unpaired) electrons. The van der Waals surface area contributed by atoms with Crippen molar-refractivity contribution >= 4 is 0 Å². The van der Waals surface area contributed by atoms with Gasteiger partial charge in [-0.3, -0.25) is 5.32 Å². The van der Waals surface area contributed by atoms with Crippen LogP contribution in [0.4, 0.5) is 0 Å². The van der Waals surface area contributed by atoms with Crippen LogP contribution in [0, 0.1) is 0 Å². The van der Waals surface area contributed by atoms with Gasteiger partial charge in [0.15, 0.2) is 0 Å². The fourth-order valence-corrected chi connectivity index (χ4v) is 2.18. The smallest absolute Gasteiger partial charge is 0.135 e. The Kier molecular flexibility index (Phi) is 3.66. The van der Waals surface area contributed by atoms with E-state index in [1.807, 2.05) is 38.1 Å². The molecule has 1 aliphatic heterocycles. The van der Waals surface area contributed by atoms with Gasteiger partial charge in [0.2, 0.25) is 0 Å². The fourth-order valence-electron chi connectivity index (χ4n) is 2.18. The Balaban J connectivity index is 2.08. The van der Waals surface area contributed by atoms with Crippen molar-refractivity contribution in [2.45, 2.75) is 38.3 Å². The number of rotatable bonds is 3. The summed E-state index contributed by atoms with van der Waals surface area (Å²) in [5, 5.41) is 3.41. The molecule has 1 fully saturated rings. The van der Waals surface area contributed by atoms with Crippen LogP contribution in [0.5, 0.6) is 5.75 Å². The van der Waals surface area contributed by atoms with E-state index in [4.69, 9.17) is 15.2 Å². The molecule has 0 bridgehead atoms. The summed E-state index contributed by atoms with van der Waals surface area (Å²) in [7, 11) is 1.66. The quantitative estimate of drug-likeness (QED) is 0.833. The Morgan fingerprint density at radius 2 is 2.00 bits per heavy atom. The van der Waals surface area contributed by atoms with E-state index in [1.54, 1.807) is 7.11 Å². The highest BCUT2D eigenvalue weighted by Crippen LogP contribution is 2.27. The first-order chi connectivity index (χ1) is 8.11. The van der Waals surface area contributed by atoms with Crippen molar-refractivity contribution in [1.29, 1.82) is 0 Å². The minimum absolute atomic E-state index is 0.0769. The van der Waals surface area contributed by atoms with Crippen LogP contribution in [0.1, 0.15) is 25.6 Å².